The molecule has 0 bridgehead atoms. The van der Waals surface area contributed by atoms with E-state index in [9.17, 15) is 4.79 Å². The van der Waals surface area contributed by atoms with Crippen LogP contribution in [0.15, 0.2) is 36.9 Å². The molecular weight excluding hydrogens is 376 g/mol. The van der Waals surface area contributed by atoms with Crippen LogP contribution >= 0.6 is 0 Å². The molecule has 4 rings (SSSR count). The van der Waals surface area contributed by atoms with Gasteiger partial charge in [-0.05, 0) is 64.3 Å². The maximum atomic E-state index is 12.7. The molecule has 0 radical (unpaired) electrons. The minimum Gasteiger partial charge on any atom is -0.367 e. The van der Waals surface area contributed by atoms with Crippen molar-refractivity contribution < 1.29 is 4.79 Å². The van der Waals surface area contributed by atoms with Crippen molar-refractivity contribution in [2.75, 3.05) is 25.5 Å². The third-order valence-corrected chi connectivity index (χ3v) is 5.52. The van der Waals surface area contributed by atoms with Gasteiger partial charge in [-0.3, -0.25) is 19.7 Å². The van der Waals surface area contributed by atoms with Crippen LogP contribution in [0.3, 0.4) is 0 Å². The Morgan fingerprint density at radius 1 is 1.07 bits per heavy atom. The Morgan fingerprint density at radius 3 is 2.60 bits per heavy atom. The van der Waals surface area contributed by atoms with Crippen molar-refractivity contribution in [2.24, 2.45) is 5.92 Å². The highest BCUT2D eigenvalue weighted by atomic mass is 16.1. The molecular formula is C23H28N6O. The highest BCUT2D eigenvalue weighted by Gasteiger charge is 2.23. The molecule has 156 valence electrons. The van der Waals surface area contributed by atoms with Gasteiger partial charge in [-0.1, -0.05) is 0 Å². The summed E-state index contributed by atoms with van der Waals surface area (Å²) in [7, 11) is 2.11. The maximum absolute atomic E-state index is 12.7. The smallest absolute Gasteiger partial charge is 0.145 e. The van der Waals surface area contributed by atoms with Gasteiger partial charge in [0.25, 0.3) is 0 Å². The molecule has 0 atom stereocenters. The van der Waals surface area contributed by atoms with E-state index in [-0.39, 0.29) is 12.0 Å². The zero-order chi connectivity index (χ0) is 21.1. The lowest BCUT2D eigenvalue weighted by Gasteiger charge is -2.27. The van der Waals surface area contributed by atoms with Crippen LogP contribution in [0, 0.1) is 5.92 Å². The van der Waals surface area contributed by atoms with Crippen LogP contribution in [0.4, 0.5) is 5.82 Å². The Balaban J connectivity index is 1.55. The molecule has 7 nitrogen and oxygen atoms in total. The number of pyridine rings is 2. The number of hydrogen-bond acceptors (Lipinski definition) is 7. The summed E-state index contributed by atoms with van der Waals surface area (Å²) in [6.45, 7) is 6.10. The summed E-state index contributed by atoms with van der Waals surface area (Å²) in [4.78, 5) is 32.9. The fraction of sp³-hybridized carbons (Fsp3) is 0.435. The quantitative estimate of drug-likeness (QED) is 0.674. The molecule has 3 aromatic heterocycles. The minimum atomic E-state index is 0.151. The minimum absolute atomic E-state index is 0.151. The molecule has 30 heavy (non-hydrogen) atoms. The number of aromatic nitrogens is 4. The first-order valence-electron chi connectivity index (χ1n) is 10.5. The lowest BCUT2D eigenvalue weighted by atomic mass is 9.90. The van der Waals surface area contributed by atoms with E-state index < -0.39 is 0 Å². The molecule has 0 aliphatic carbocycles. The predicted molar refractivity (Wildman–Crippen MR) is 118 cm³/mol. The van der Waals surface area contributed by atoms with Crippen LogP contribution in [0.25, 0.3) is 22.2 Å². The summed E-state index contributed by atoms with van der Waals surface area (Å²) in [6, 6.07) is 4.26. The van der Waals surface area contributed by atoms with Crippen molar-refractivity contribution in [3.05, 3.63) is 42.6 Å². The number of nitrogens with zero attached hydrogens (tertiary/aromatic N) is 5. The van der Waals surface area contributed by atoms with Gasteiger partial charge in [0.15, 0.2) is 0 Å². The molecule has 3 aromatic rings. The number of carbonyl (C=O) groups excluding carboxylic acids is 1. The largest absolute Gasteiger partial charge is 0.367 e. The average Bonchev–Trinajstić information content (AvgIpc) is 2.73. The van der Waals surface area contributed by atoms with Gasteiger partial charge in [0.05, 0.1) is 18.1 Å². The molecule has 1 aliphatic rings. The fourth-order valence-corrected chi connectivity index (χ4v) is 3.83. The van der Waals surface area contributed by atoms with Crippen molar-refractivity contribution in [3.63, 3.8) is 0 Å². The number of piperidine rings is 1. The van der Waals surface area contributed by atoms with Gasteiger partial charge in [-0.15, -0.1) is 0 Å². The van der Waals surface area contributed by atoms with Crippen LogP contribution in [0.5, 0.6) is 0 Å². The summed E-state index contributed by atoms with van der Waals surface area (Å²) >= 11 is 0. The third kappa shape index (κ3) is 4.79. The molecule has 0 unspecified atom stereocenters. The number of Topliss-reactive ketones (excluding diaryl/α,β-unsaturated/α-hetero) is 1. The van der Waals surface area contributed by atoms with Gasteiger partial charge < -0.3 is 10.2 Å². The molecule has 0 aromatic carbocycles. The number of fused-ring (bicyclic) bond motifs is 1. The number of nitrogens with one attached hydrogen (secondary N) is 1. The van der Waals surface area contributed by atoms with Crippen LogP contribution in [-0.2, 0) is 11.2 Å². The molecule has 7 heteroatoms. The first-order chi connectivity index (χ1) is 14.5. The monoisotopic (exact) mass is 404 g/mol. The number of rotatable bonds is 6. The van der Waals surface area contributed by atoms with Gasteiger partial charge in [0.1, 0.15) is 17.3 Å². The van der Waals surface area contributed by atoms with E-state index in [2.05, 4.69) is 51.0 Å². The first kappa shape index (κ1) is 20.3. The average molecular weight is 405 g/mol. The van der Waals surface area contributed by atoms with Crippen molar-refractivity contribution >= 4 is 22.4 Å². The molecule has 0 amide bonds. The normalized spacial score (nSPS) is 15.6. The van der Waals surface area contributed by atoms with E-state index in [0.29, 0.717) is 17.9 Å². The standard InChI is InChI=1S/C23H28N6O/c1-15(2)27-23-14-24-13-21(28-23)20-9-17-8-19(25-11-18(17)12-26-20)10-22(30)16-4-6-29(3)7-5-16/h8-9,11-16H,4-7,10H2,1-3H3,(H,27,28). The van der Waals surface area contributed by atoms with Crippen molar-refractivity contribution in [1.29, 1.82) is 0 Å². The molecule has 0 saturated carbocycles. The third-order valence-electron chi connectivity index (χ3n) is 5.52. The molecule has 1 fully saturated rings. The SMILES string of the molecule is CC(C)Nc1cncc(-c2cc3cc(CC(=O)C4CCN(C)CC4)ncc3cn2)n1. The summed E-state index contributed by atoms with van der Waals surface area (Å²) in [5, 5.41) is 5.21. The Labute approximate surface area is 177 Å². The highest BCUT2D eigenvalue weighted by Crippen LogP contribution is 2.23. The molecule has 1 aliphatic heterocycles. The lowest BCUT2D eigenvalue weighted by Crippen LogP contribution is -2.34. The Bertz CT molecular complexity index is 1040. The number of anilines is 1. The van der Waals surface area contributed by atoms with Crippen molar-refractivity contribution in [1.82, 2.24) is 24.8 Å². The summed E-state index contributed by atoms with van der Waals surface area (Å²) in [5.74, 6) is 1.17. The van der Waals surface area contributed by atoms with E-state index in [1.54, 1.807) is 24.8 Å². The second kappa shape index (κ2) is 8.83. The van der Waals surface area contributed by atoms with E-state index >= 15 is 0 Å². The molecule has 1 N–H and O–H groups in total. The molecule has 0 spiro atoms. The van der Waals surface area contributed by atoms with E-state index in [4.69, 9.17) is 0 Å². The Hall–Kier alpha value is -2.93. The number of hydrogen-bond donors (Lipinski definition) is 1. The predicted octanol–water partition coefficient (Wildman–Crippen LogP) is 3.36. The number of carbonyl (C=O) groups is 1. The number of likely N-dealkylation sites (tertiary alicyclic amines) is 1. The van der Waals surface area contributed by atoms with Crippen molar-refractivity contribution in [3.8, 4) is 11.4 Å². The number of ketones is 1. The van der Waals surface area contributed by atoms with E-state index in [1.165, 1.54) is 0 Å². The zero-order valence-corrected chi connectivity index (χ0v) is 17.8. The van der Waals surface area contributed by atoms with Gasteiger partial charge >= 0.3 is 0 Å². The lowest BCUT2D eigenvalue weighted by molar-refractivity contribution is -0.123. The summed E-state index contributed by atoms with van der Waals surface area (Å²) < 4.78 is 0. The van der Waals surface area contributed by atoms with Crippen LogP contribution in [-0.4, -0.2) is 56.8 Å². The Kier molecular flexibility index (Phi) is 5.99. The van der Waals surface area contributed by atoms with Crippen LogP contribution in [0.1, 0.15) is 32.4 Å². The summed E-state index contributed by atoms with van der Waals surface area (Å²) in [5.41, 5.74) is 2.27. The molecule has 4 heterocycles. The highest BCUT2D eigenvalue weighted by molar-refractivity contribution is 5.87. The van der Waals surface area contributed by atoms with Crippen molar-refractivity contribution in [2.45, 2.75) is 39.2 Å². The Morgan fingerprint density at radius 2 is 1.83 bits per heavy atom. The van der Waals surface area contributed by atoms with E-state index in [1.807, 2.05) is 12.1 Å². The topological polar surface area (TPSA) is 83.9 Å². The summed E-state index contributed by atoms with van der Waals surface area (Å²) in [6.07, 6.45) is 9.28. The fourth-order valence-electron chi connectivity index (χ4n) is 3.83. The second-order valence-electron chi connectivity index (χ2n) is 8.40. The van der Waals surface area contributed by atoms with Crippen LogP contribution < -0.4 is 5.32 Å². The van der Waals surface area contributed by atoms with E-state index in [0.717, 1.165) is 53.9 Å². The maximum Gasteiger partial charge on any atom is 0.145 e. The van der Waals surface area contributed by atoms with Gasteiger partial charge in [-0.25, -0.2) is 4.98 Å². The first-order valence-corrected chi connectivity index (χ1v) is 10.5. The zero-order valence-electron chi connectivity index (χ0n) is 17.8. The van der Waals surface area contributed by atoms with Crippen LogP contribution in [0.2, 0.25) is 0 Å². The van der Waals surface area contributed by atoms with Gasteiger partial charge in [0.2, 0.25) is 0 Å². The molecule has 1 saturated heterocycles. The van der Waals surface area contributed by atoms with Gasteiger partial charge in [0, 0.05) is 41.9 Å². The van der Waals surface area contributed by atoms with Gasteiger partial charge in [-0.2, -0.15) is 0 Å². The second-order valence-corrected chi connectivity index (χ2v) is 8.40.